The number of hydrogen-bond acceptors (Lipinski definition) is 5. The zero-order chi connectivity index (χ0) is 24.3. The highest BCUT2D eigenvalue weighted by atomic mass is 19.1. The van der Waals surface area contributed by atoms with Gasteiger partial charge in [-0.05, 0) is 63.0 Å². The Balaban J connectivity index is 1.73. The highest BCUT2D eigenvalue weighted by Crippen LogP contribution is 2.45. The Morgan fingerprint density at radius 3 is 2.21 bits per heavy atom. The van der Waals surface area contributed by atoms with Gasteiger partial charge in [-0.25, -0.2) is 4.39 Å². The summed E-state index contributed by atoms with van der Waals surface area (Å²) in [6, 6.07) is 16.9. The summed E-state index contributed by atoms with van der Waals surface area (Å²) in [5.74, 6) is 0.744. The SMILES string of the molecule is COc1c(C#N)c(OC)c2ccccc2c1C(C)OCC1(c2ccc(F)cc2)CCN(C)CC1. The van der Waals surface area contributed by atoms with E-state index in [4.69, 9.17) is 14.2 Å². The number of benzene rings is 3. The van der Waals surface area contributed by atoms with Crippen molar-refractivity contribution in [3.8, 4) is 17.6 Å². The van der Waals surface area contributed by atoms with Gasteiger partial charge in [0.05, 0.1) is 26.9 Å². The minimum Gasteiger partial charge on any atom is -0.495 e. The molecule has 1 fully saturated rings. The van der Waals surface area contributed by atoms with Crippen LogP contribution < -0.4 is 9.47 Å². The quantitative estimate of drug-likeness (QED) is 0.457. The van der Waals surface area contributed by atoms with Gasteiger partial charge in [-0.2, -0.15) is 5.26 Å². The Hall–Kier alpha value is -3.14. The molecule has 0 N–H and O–H groups in total. The lowest BCUT2D eigenvalue weighted by Crippen LogP contribution is -2.44. The predicted molar refractivity (Wildman–Crippen MR) is 131 cm³/mol. The zero-order valence-electron chi connectivity index (χ0n) is 20.2. The molecule has 3 aromatic carbocycles. The van der Waals surface area contributed by atoms with Crippen LogP contribution in [0.1, 0.15) is 42.6 Å². The molecule has 1 unspecified atom stereocenters. The fourth-order valence-electron chi connectivity index (χ4n) is 5.07. The topological polar surface area (TPSA) is 54.7 Å². The van der Waals surface area contributed by atoms with Crippen LogP contribution in [0.15, 0.2) is 48.5 Å². The smallest absolute Gasteiger partial charge is 0.148 e. The maximum atomic E-state index is 13.7. The molecule has 0 saturated carbocycles. The Labute approximate surface area is 200 Å². The molecule has 3 aromatic rings. The lowest BCUT2D eigenvalue weighted by molar-refractivity contribution is 0.00613. The van der Waals surface area contributed by atoms with E-state index >= 15 is 0 Å². The molecule has 1 atom stereocenters. The second-order valence-electron chi connectivity index (χ2n) is 9.06. The third-order valence-corrected chi connectivity index (χ3v) is 7.10. The Morgan fingerprint density at radius 1 is 1.00 bits per heavy atom. The summed E-state index contributed by atoms with van der Waals surface area (Å²) >= 11 is 0. The summed E-state index contributed by atoms with van der Waals surface area (Å²) in [6.45, 7) is 4.37. The number of hydrogen-bond donors (Lipinski definition) is 0. The van der Waals surface area contributed by atoms with E-state index in [9.17, 15) is 9.65 Å². The standard InChI is InChI=1S/C28H31FN2O3/c1-19(25-22-7-5-6-8-23(22)26(32-3)24(17-30)27(25)33-4)34-18-28(13-15-31(2)16-14-28)20-9-11-21(29)12-10-20/h5-12,19H,13-16,18H2,1-4H3. The molecule has 6 heteroatoms. The van der Waals surface area contributed by atoms with Gasteiger partial charge in [0.15, 0.2) is 0 Å². The van der Waals surface area contributed by atoms with E-state index in [1.807, 2.05) is 43.3 Å². The van der Waals surface area contributed by atoms with Crippen LogP contribution in [-0.2, 0) is 10.2 Å². The molecule has 0 amide bonds. The lowest BCUT2D eigenvalue weighted by Gasteiger charge is -2.41. The normalized spacial score (nSPS) is 16.7. The molecule has 0 radical (unpaired) electrons. The average Bonchev–Trinajstić information content (AvgIpc) is 2.87. The number of ether oxygens (including phenoxy) is 3. The second kappa shape index (κ2) is 10.0. The molecule has 0 aliphatic carbocycles. The van der Waals surface area contributed by atoms with E-state index in [1.165, 1.54) is 12.1 Å². The van der Waals surface area contributed by atoms with Crippen molar-refractivity contribution in [2.75, 3.05) is 41.0 Å². The first-order chi connectivity index (χ1) is 16.4. The molecule has 1 heterocycles. The summed E-state index contributed by atoms with van der Waals surface area (Å²) in [7, 11) is 5.25. The van der Waals surface area contributed by atoms with Crippen molar-refractivity contribution in [3.63, 3.8) is 0 Å². The number of nitriles is 1. The fraction of sp³-hybridized carbons (Fsp3) is 0.393. The maximum Gasteiger partial charge on any atom is 0.148 e. The van der Waals surface area contributed by atoms with Gasteiger partial charge in [-0.15, -0.1) is 0 Å². The van der Waals surface area contributed by atoms with Crippen molar-refractivity contribution in [1.82, 2.24) is 4.90 Å². The van der Waals surface area contributed by atoms with Crippen LogP contribution in [0.25, 0.3) is 10.8 Å². The average molecular weight is 463 g/mol. The summed E-state index contributed by atoms with van der Waals surface area (Å²) < 4.78 is 31.6. The molecule has 0 aromatic heterocycles. The van der Waals surface area contributed by atoms with Crippen LogP contribution in [0.5, 0.6) is 11.5 Å². The molecule has 1 aliphatic heterocycles. The van der Waals surface area contributed by atoms with E-state index in [1.54, 1.807) is 14.2 Å². The van der Waals surface area contributed by atoms with E-state index in [0.717, 1.165) is 47.8 Å². The third-order valence-electron chi connectivity index (χ3n) is 7.10. The fourth-order valence-corrected chi connectivity index (χ4v) is 5.07. The van der Waals surface area contributed by atoms with Gasteiger partial charge in [-0.1, -0.05) is 36.4 Å². The van der Waals surface area contributed by atoms with Gasteiger partial charge in [0.1, 0.15) is 28.9 Å². The van der Waals surface area contributed by atoms with Crippen LogP contribution in [-0.4, -0.2) is 45.9 Å². The lowest BCUT2D eigenvalue weighted by atomic mass is 9.73. The molecule has 5 nitrogen and oxygen atoms in total. The minimum atomic E-state index is -0.338. The first kappa shape index (κ1) is 24.0. The monoisotopic (exact) mass is 462 g/mol. The van der Waals surface area contributed by atoms with Crippen LogP contribution in [0.3, 0.4) is 0 Å². The predicted octanol–water partition coefficient (Wildman–Crippen LogP) is 5.61. The molecule has 4 rings (SSSR count). The van der Waals surface area contributed by atoms with Gasteiger partial charge in [0.25, 0.3) is 0 Å². The van der Waals surface area contributed by atoms with Crippen molar-refractivity contribution in [2.24, 2.45) is 0 Å². The van der Waals surface area contributed by atoms with Crippen molar-refractivity contribution in [1.29, 1.82) is 5.26 Å². The van der Waals surface area contributed by atoms with Crippen LogP contribution in [0, 0.1) is 17.1 Å². The van der Waals surface area contributed by atoms with Crippen molar-refractivity contribution in [2.45, 2.75) is 31.3 Å². The number of fused-ring (bicyclic) bond motifs is 1. The molecular weight excluding hydrogens is 431 g/mol. The van der Waals surface area contributed by atoms with E-state index in [2.05, 4.69) is 18.0 Å². The van der Waals surface area contributed by atoms with Gasteiger partial charge < -0.3 is 19.1 Å². The minimum absolute atomic E-state index is 0.206. The number of nitrogens with zero attached hydrogens (tertiary/aromatic N) is 2. The van der Waals surface area contributed by atoms with Crippen molar-refractivity contribution in [3.05, 3.63) is 71.0 Å². The molecule has 0 spiro atoms. The van der Waals surface area contributed by atoms with Gasteiger partial charge >= 0.3 is 0 Å². The maximum absolute atomic E-state index is 13.7. The van der Waals surface area contributed by atoms with Crippen LogP contribution >= 0.6 is 0 Å². The van der Waals surface area contributed by atoms with Crippen molar-refractivity contribution < 1.29 is 18.6 Å². The van der Waals surface area contributed by atoms with Crippen LogP contribution in [0.2, 0.25) is 0 Å². The number of piperidine rings is 1. The number of rotatable bonds is 7. The molecule has 34 heavy (non-hydrogen) atoms. The third kappa shape index (κ3) is 4.34. The summed E-state index contributed by atoms with van der Waals surface area (Å²) in [5.41, 5.74) is 2.08. The van der Waals surface area contributed by atoms with E-state index < -0.39 is 0 Å². The number of halogens is 1. The molecule has 0 bridgehead atoms. The highest BCUT2D eigenvalue weighted by Gasteiger charge is 2.37. The van der Waals surface area contributed by atoms with Gasteiger partial charge in [0.2, 0.25) is 0 Å². The summed E-state index contributed by atoms with van der Waals surface area (Å²) in [6.07, 6.45) is 1.51. The highest BCUT2D eigenvalue weighted by molar-refractivity contribution is 5.96. The van der Waals surface area contributed by atoms with E-state index in [-0.39, 0.29) is 17.3 Å². The number of methoxy groups -OCH3 is 2. The van der Waals surface area contributed by atoms with E-state index in [0.29, 0.717) is 23.7 Å². The molecular formula is C28H31FN2O3. The molecule has 1 aliphatic rings. The summed E-state index contributed by atoms with van der Waals surface area (Å²) in [4.78, 5) is 2.31. The Morgan fingerprint density at radius 2 is 1.62 bits per heavy atom. The molecule has 178 valence electrons. The van der Waals surface area contributed by atoms with Crippen molar-refractivity contribution >= 4 is 10.8 Å². The first-order valence-corrected chi connectivity index (χ1v) is 11.6. The zero-order valence-corrected chi connectivity index (χ0v) is 20.2. The largest absolute Gasteiger partial charge is 0.495 e. The first-order valence-electron chi connectivity index (χ1n) is 11.6. The molecule has 1 saturated heterocycles. The van der Waals surface area contributed by atoms with Crippen LogP contribution in [0.4, 0.5) is 4.39 Å². The number of likely N-dealkylation sites (tertiary alicyclic amines) is 1. The Bertz CT molecular complexity index is 1190. The second-order valence-corrected chi connectivity index (χ2v) is 9.06. The van der Waals surface area contributed by atoms with Gasteiger partial charge in [0, 0.05) is 16.4 Å². The van der Waals surface area contributed by atoms with Gasteiger partial charge in [-0.3, -0.25) is 0 Å². The Kier molecular flexibility index (Phi) is 7.06. The summed E-state index contributed by atoms with van der Waals surface area (Å²) in [5, 5.41) is 11.7.